The fourth-order valence-corrected chi connectivity index (χ4v) is 6.05. The van der Waals surface area contributed by atoms with Crippen LogP contribution in [0.2, 0.25) is 0 Å². The molecule has 2 aliphatic heterocycles. The lowest BCUT2D eigenvalue weighted by Crippen LogP contribution is -2.49. The summed E-state index contributed by atoms with van der Waals surface area (Å²) in [5.41, 5.74) is 1.12. The van der Waals surface area contributed by atoms with Crippen molar-refractivity contribution in [1.29, 1.82) is 0 Å². The summed E-state index contributed by atoms with van der Waals surface area (Å²) >= 11 is 0. The summed E-state index contributed by atoms with van der Waals surface area (Å²) in [5.74, 6) is -3.29. The summed E-state index contributed by atoms with van der Waals surface area (Å²) in [6, 6.07) is 9.43. The Morgan fingerprint density at radius 2 is 1.49 bits per heavy atom. The first-order valence-corrected chi connectivity index (χ1v) is 13.0. The van der Waals surface area contributed by atoms with Crippen molar-refractivity contribution in [2.45, 2.75) is 82.0 Å². The van der Waals surface area contributed by atoms with Crippen LogP contribution in [0.5, 0.6) is 0 Å². The van der Waals surface area contributed by atoms with Crippen LogP contribution < -0.4 is 21.0 Å². The Balaban J connectivity index is 0.000000349. The van der Waals surface area contributed by atoms with Gasteiger partial charge in [-0.05, 0) is 69.9 Å². The van der Waals surface area contributed by atoms with Gasteiger partial charge in [0, 0.05) is 35.8 Å². The summed E-state index contributed by atoms with van der Waals surface area (Å²) in [4.78, 5) is 47.6. The third-order valence-electron chi connectivity index (χ3n) is 7.94. The third kappa shape index (κ3) is 6.28. The normalized spacial score (nSPS) is 24.0. The van der Waals surface area contributed by atoms with Gasteiger partial charge in [-0.2, -0.15) is 0 Å². The van der Waals surface area contributed by atoms with Gasteiger partial charge in [0.15, 0.2) is 0 Å². The van der Waals surface area contributed by atoms with Gasteiger partial charge in [0.2, 0.25) is 5.43 Å². The number of carboxylic acid groups (broad SMARTS) is 2. The summed E-state index contributed by atoms with van der Waals surface area (Å²) in [6.07, 6.45) is 13.0. The van der Waals surface area contributed by atoms with E-state index in [1.165, 1.54) is 32.1 Å². The fourth-order valence-electron chi connectivity index (χ4n) is 6.05. The standard InChI is InChI=1S/C24H31N3O2.C4H4O4/c1-26-18-11-12-19(26)14-16(13-18)25-24(29)21-15-27(17-7-3-2-4-8-17)22-10-6-5-9-20(22)23(21)28;5-3(6)1-2-4(7)8/h5-6,9-10,15-19H,2-4,7-8,11-14H2,1H3,(H,25,29);1-2H,(H,5,6)(H,7,8)/p-2/b;2-1-/t16?,18-,19+;. The number of hydrogen-bond donors (Lipinski definition) is 1. The van der Waals surface area contributed by atoms with Crippen molar-refractivity contribution < 1.29 is 24.6 Å². The summed E-state index contributed by atoms with van der Waals surface area (Å²) in [6.45, 7) is 0. The molecule has 0 spiro atoms. The number of piperidine rings is 1. The predicted octanol–water partition coefficient (Wildman–Crippen LogP) is 0.904. The second-order valence-electron chi connectivity index (χ2n) is 10.3. The Hall–Kier alpha value is -3.46. The van der Waals surface area contributed by atoms with Gasteiger partial charge in [-0.15, -0.1) is 0 Å². The molecule has 9 heteroatoms. The minimum absolute atomic E-state index is 0.138. The zero-order valence-corrected chi connectivity index (χ0v) is 21.1. The molecule has 37 heavy (non-hydrogen) atoms. The highest BCUT2D eigenvalue weighted by molar-refractivity contribution is 5.97. The van der Waals surface area contributed by atoms with E-state index in [0.29, 0.717) is 41.2 Å². The predicted molar refractivity (Wildman–Crippen MR) is 135 cm³/mol. The highest BCUT2D eigenvalue weighted by atomic mass is 16.4. The largest absolute Gasteiger partial charge is 0.545 e. The quantitative estimate of drug-likeness (QED) is 0.594. The highest BCUT2D eigenvalue weighted by Crippen LogP contribution is 2.34. The van der Waals surface area contributed by atoms with E-state index in [1.54, 1.807) is 0 Å². The molecule has 1 aromatic heterocycles. The molecule has 2 saturated heterocycles. The van der Waals surface area contributed by atoms with Crippen LogP contribution in [-0.2, 0) is 9.59 Å². The van der Waals surface area contributed by atoms with Gasteiger partial charge in [-0.3, -0.25) is 9.59 Å². The molecule has 1 aromatic carbocycles. The first kappa shape index (κ1) is 26.6. The maximum absolute atomic E-state index is 13.2. The molecule has 1 N–H and O–H groups in total. The van der Waals surface area contributed by atoms with E-state index in [-0.39, 0.29) is 17.4 Å². The van der Waals surface area contributed by atoms with E-state index in [4.69, 9.17) is 0 Å². The lowest BCUT2D eigenvalue weighted by Gasteiger charge is -2.36. The van der Waals surface area contributed by atoms with Gasteiger partial charge in [-0.25, -0.2) is 0 Å². The maximum Gasteiger partial charge on any atom is 0.256 e. The molecular formula is C28H33N3O6-2. The molecular weight excluding hydrogens is 474 g/mol. The van der Waals surface area contributed by atoms with E-state index < -0.39 is 11.9 Å². The molecule has 3 fully saturated rings. The lowest BCUT2D eigenvalue weighted by molar-refractivity contribution is -0.301. The van der Waals surface area contributed by atoms with Crippen molar-refractivity contribution in [3.63, 3.8) is 0 Å². The molecule has 0 radical (unpaired) electrons. The average molecular weight is 508 g/mol. The van der Waals surface area contributed by atoms with Crippen molar-refractivity contribution >= 4 is 28.7 Å². The lowest BCUT2D eigenvalue weighted by atomic mass is 9.94. The van der Waals surface area contributed by atoms with Crippen LogP contribution in [0.1, 0.15) is 74.2 Å². The number of benzene rings is 1. The van der Waals surface area contributed by atoms with Crippen molar-refractivity contribution in [3.05, 3.63) is 58.4 Å². The zero-order valence-electron chi connectivity index (χ0n) is 21.1. The number of fused-ring (bicyclic) bond motifs is 3. The number of rotatable bonds is 5. The maximum atomic E-state index is 13.2. The third-order valence-corrected chi connectivity index (χ3v) is 7.94. The number of nitrogens with one attached hydrogen (secondary N) is 1. The second-order valence-corrected chi connectivity index (χ2v) is 10.3. The monoisotopic (exact) mass is 507 g/mol. The Morgan fingerprint density at radius 1 is 0.892 bits per heavy atom. The van der Waals surface area contributed by atoms with Crippen LogP contribution in [0.4, 0.5) is 0 Å². The van der Waals surface area contributed by atoms with Gasteiger partial charge < -0.3 is 34.6 Å². The van der Waals surface area contributed by atoms with E-state index >= 15 is 0 Å². The Morgan fingerprint density at radius 3 is 2.08 bits per heavy atom. The van der Waals surface area contributed by atoms with Crippen LogP contribution in [0.3, 0.4) is 0 Å². The first-order valence-electron chi connectivity index (χ1n) is 13.0. The molecule has 2 bridgehead atoms. The van der Waals surface area contributed by atoms with Crippen LogP contribution in [0, 0.1) is 0 Å². The zero-order chi connectivity index (χ0) is 26.5. The molecule has 1 amide bonds. The Labute approximate surface area is 215 Å². The molecule has 3 heterocycles. The van der Waals surface area contributed by atoms with E-state index in [1.807, 2.05) is 30.5 Å². The van der Waals surface area contributed by atoms with Gasteiger partial charge in [-0.1, -0.05) is 31.4 Å². The van der Waals surface area contributed by atoms with Crippen LogP contribution in [-0.4, -0.2) is 52.5 Å². The fraction of sp³-hybridized carbons (Fsp3) is 0.500. The molecule has 1 unspecified atom stereocenters. The number of nitrogens with zero attached hydrogens (tertiary/aromatic N) is 2. The minimum Gasteiger partial charge on any atom is -0.545 e. The molecule has 1 saturated carbocycles. The van der Waals surface area contributed by atoms with Crippen molar-refractivity contribution in [2.75, 3.05) is 7.05 Å². The molecule has 9 nitrogen and oxygen atoms in total. The molecule has 1 aliphatic carbocycles. The van der Waals surface area contributed by atoms with E-state index in [9.17, 15) is 29.4 Å². The summed E-state index contributed by atoms with van der Waals surface area (Å²) < 4.78 is 2.21. The number of carbonyl (C=O) groups excluding carboxylic acids is 3. The van der Waals surface area contributed by atoms with Gasteiger partial charge in [0.05, 0.1) is 17.5 Å². The number of amides is 1. The van der Waals surface area contributed by atoms with Gasteiger partial charge in [0.1, 0.15) is 5.56 Å². The number of aromatic nitrogens is 1. The van der Waals surface area contributed by atoms with Crippen LogP contribution in [0.15, 0.2) is 47.4 Å². The molecule has 2 aromatic rings. The van der Waals surface area contributed by atoms with Crippen LogP contribution in [0.25, 0.3) is 10.9 Å². The van der Waals surface area contributed by atoms with Crippen molar-refractivity contribution in [2.24, 2.45) is 0 Å². The molecule has 198 valence electrons. The van der Waals surface area contributed by atoms with Crippen LogP contribution >= 0.6 is 0 Å². The molecule has 3 aliphatic rings. The van der Waals surface area contributed by atoms with Crippen molar-refractivity contribution in [3.8, 4) is 0 Å². The average Bonchev–Trinajstić information content (AvgIpc) is 3.09. The number of hydrogen-bond acceptors (Lipinski definition) is 7. The number of carbonyl (C=O) groups is 3. The van der Waals surface area contributed by atoms with Gasteiger partial charge in [0.25, 0.3) is 5.91 Å². The highest BCUT2D eigenvalue weighted by Gasteiger charge is 2.39. The summed E-state index contributed by atoms with van der Waals surface area (Å²) in [7, 11) is 2.20. The number of aliphatic carboxylic acids is 2. The number of carboxylic acids is 2. The number of para-hydroxylation sites is 1. The number of pyridine rings is 1. The SMILES string of the molecule is CN1[C@@H]2CC[C@H]1CC(NC(=O)c1cn(C3CCCCC3)c3ccccc3c1=O)C2.O=C([O-])/C=C\C(=O)[O-]. The topological polar surface area (TPSA) is 135 Å². The van der Waals surface area contributed by atoms with Gasteiger partial charge >= 0.3 is 0 Å². The molecule has 3 atom stereocenters. The Kier molecular flexibility index (Phi) is 8.43. The summed E-state index contributed by atoms with van der Waals surface area (Å²) in [5, 5.41) is 22.7. The minimum atomic E-state index is -1.55. The van der Waals surface area contributed by atoms with Crippen molar-refractivity contribution in [1.82, 2.24) is 14.8 Å². The molecule has 5 rings (SSSR count). The second kappa shape index (κ2) is 11.7. The first-order chi connectivity index (χ1) is 17.7. The van der Waals surface area contributed by atoms with E-state index in [0.717, 1.165) is 31.2 Å². The van der Waals surface area contributed by atoms with E-state index in [2.05, 4.69) is 21.8 Å². The smallest absolute Gasteiger partial charge is 0.256 e. The Bertz CT molecular complexity index is 1220.